The molecule has 1 atom stereocenters. The van der Waals surface area contributed by atoms with Gasteiger partial charge in [-0.05, 0) is 37.5 Å². The van der Waals surface area contributed by atoms with Crippen molar-refractivity contribution in [1.82, 2.24) is 4.57 Å². The summed E-state index contributed by atoms with van der Waals surface area (Å²) in [7, 11) is 0. The minimum absolute atomic E-state index is 0.0202. The van der Waals surface area contributed by atoms with Gasteiger partial charge in [-0.2, -0.15) is 5.26 Å². The zero-order valence-corrected chi connectivity index (χ0v) is 15.9. The van der Waals surface area contributed by atoms with E-state index in [1.54, 1.807) is 32.0 Å². The fraction of sp³-hybridized carbons (Fsp3) is 0.174. The van der Waals surface area contributed by atoms with E-state index in [0.717, 1.165) is 15.7 Å². The monoisotopic (exact) mass is 372 g/mol. The SMILES string of the molecule is Cc1ccccc1C(=O)c1c(C)c(C#N)c(=O)n(C(C)c2ccccc2)c1O. The first-order valence-corrected chi connectivity index (χ1v) is 8.91. The quantitative estimate of drug-likeness (QED) is 0.705. The lowest BCUT2D eigenvalue weighted by atomic mass is 9.94. The molecular weight excluding hydrogens is 352 g/mol. The normalized spacial score (nSPS) is 11.6. The Morgan fingerprint density at radius 2 is 1.68 bits per heavy atom. The van der Waals surface area contributed by atoms with Crippen molar-refractivity contribution >= 4 is 5.78 Å². The zero-order valence-electron chi connectivity index (χ0n) is 15.9. The van der Waals surface area contributed by atoms with Crippen LogP contribution in [0.3, 0.4) is 0 Å². The number of nitriles is 1. The smallest absolute Gasteiger partial charge is 0.272 e. The van der Waals surface area contributed by atoms with E-state index < -0.39 is 23.3 Å². The summed E-state index contributed by atoms with van der Waals surface area (Å²) in [5.41, 5.74) is 1.36. The number of benzene rings is 2. The average molecular weight is 372 g/mol. The standard InChI is InChI=1S/C23H20N2O3/c1-14-9-7-8-12-18(14)21(26)20-15(2)19(13-24)22(27)25(23(20)28)16(3)17-10-5-4-6-11-17/h4-12,16,28H,1-3H3. The molecule has 0 aliphatic carbocycles. The number of ketones is 1. The molecule has 5 nitrogen and oxygen atoms in total. The lowest BCUT2D eigenvalue weighted by molar-refractivity contribution is 0.103. The first kappa shape index (κ1) is 19.1. The molecule has 5 heteroatoms. The Balaban J connectivity index is 2.31. The number of rotatable bonds is 4. The fourth-order valence-electron chi connectivity index (χ4n) is 3.40. The maximum Gasteiger partial charge on any atom is 0.272 e. The summed E-state index contributed by atoms with van der Waals surface area (Å²) < 4.78 is 1.12. The summed E-state index contributed by atoms with van der Waals surface area (Å²) in [4.78, 5) is 26.1. The Kier molecular flexibility index (Phi) is 5.14. The van der Waals surface area contributed by atoms with Crippen molar-refractivity contribution in [3.63, 3.8) is 0 Å². The van der Waals surface area contributed by atoms with E-state index in [0.29, 0.717) is 5.56 Å². The Morgan fingerprint density at radius 3 is 2.29 bits per heavy atom. The van der Waals surface area contributed by atoms with Crippen LogP contribution >= 0.6 is 0 Å². The minimum Gasteiger partial charge on any atom is -0.494 e. The molecule has 0 radical (unpaired) electrons. The third-order valence-electron chi connectivity index (χ3n) is 5.03. The molecule has 0 saturated heterocycles. The molecule has 0 fully saturated rings. The number of pyridine rings is 1. The van der Waals surface area contributed by atoms with Crippen LogP contribution in [0.5, 0.6) is 5.88 Å². The van der Waals surface area contributed by atoms with Gasteiger partial charge >= 0.3 is 0 Å². The van der Waals surface area contributed by atoms with Gasteiger partial charge in [0.1, 0.15) is 11.6 Å². The van der Waals surface area contributed by atoms with Gasteiger partial charge < -0.3 is 5.11 Å². The van der Waals surface area contributed by atoms with Gasteiger partial charge in [-0.15, -0.1) is 0 Å². The van der Waals surface area contributed by atoms with Crippen molar-refractivity contribution in [1.29, 1.82) is 5.26 Å². The van der Waals surface area contributed by atoms with Gasteiger partial charge in [-0.3, -0.25) is 14.2 Å². The van der Waals surface area contributed by atoms with E-state index in [1.807, 2.05) is 42.5 Å². The number of carbonyl (C=O) groups excluding carboxylic acids is 1. The second-order valence-corrected chi connectivity index (χ2v) is 6.72. The van der Waals surface area contributed by atoms with Crippen molar-refractivity contribution < 1.29 is 9.90 Å². The van der Waals surface area contributed by atoms with Crippen LogP contribution in [-0.4, -0.2) is 15.5 Å². The van der Waals surface area contributed by atoms with E-state index in [9.17, 15) is 20.0 Å². The van der Waals surface area contributed by atoms with Crippen LogP contribution < -0.4 is 5.56 Å². The largest absolute Gasteiger partial charge is 0.494 e. The molecule has 28 heavy (non-hydrogen) atoms. The van der Waals surface area contributed by atoms with E-state index in [-0.39, 0.29) is 16.7 Å². The van der Waals surface area contributed by atoms with E-state index in [1.165, 1.54) is 6.92 Å². The van der Waals surface area contributed by atoms with Crippen molar-refractivity contribution in [2.24, 2.45) is 0 Å². The van der Waals surface area contributed by atoms with Gasteiger partial charge in [-0.1, -0.05) is 54.6 Å². The maximum atomic E-state index is 13.2. The Morgan fingerprint density at radius 1 is 1.07 bits per heavy atom. The molecule has 3 aromatic rings. The summed E-state index contributed by atoms with van der Waals surface area (Å²) >= 11 is 0. The second-order valence-electron chi connectivity index (χ2n) is 6.72. The average Bonchev–Trinajstić information content (AvgIpc) is 2.69. The predicted octanol–water partition coefficient (Wildman–Crippen LogP) is 3.88. The summed E-state index contributed by atoms with van der Waals surface area (Å²) in [5, 5.41) is 20.5. The maximum absolute atomic E-state index is 13.2. The number of carbonyl (C=O) groups is 1. The van der Waals surface area contributed by atoms with Crippen LogP contribution in [0.1, 0.15) is 51.1 Å². The van der Waals surface area contributed by atoms with Gasteiger partial charge in [0.05, 0.1) is 11.6 Å². The van der Waals surface area contributed by atoms with Gasteiger partial charge in [0.25, 0.3) is 5.56 Å². The Bertz CT molecular complexity index is 1150. The van der Waals surface area contributed by atoms with Gasteiger partial charge in [0, 0.05) is 5.56 Å². The molecule has 1 N–H and O–H groups in total. The van der Waals surface area contributed by atoms with Gasteiger partial charge in [0.15, 0.2) is 5.78 Å². The summed E-state index contributed by atoms with van der Waals surface area (Å²) in [6.07, 6.45) is 0. The second kappa shape index (κ2) is 7.53. The highest BCUT2D eigenvalue weighted by Gasteiger charge is 2.27. The molecule has 2 aromatic carbocycles. The van der Waals surface area contributed by atoms with Crippen LogP contribution in [0.25, 0.3) is 0 Å². The van der Waals surface area contributed by atoms with E-state index in [4.69, 9.17) is 0 Å². The molecular formula is C23H20N2O3. The molecule has 140 valence electrons. The number of aromatic hydroxyl groups is 1. The van der Waals surface area contributed by atoms with Crippen LogP contribution in [0.15, 0.2) is 59.4 Å². The number of aryl methyl sites for hydroxylation is 1. The van der Waals surface area contributed by atoms with Gasteiger partial charge in [0.2, 0.25) is 5.88 Å². The van der Waals surface area contributed by atoms with Crippen molar-refractivity contribution in [2.75, 3.05) is 0 Å². The predicted molar refractivity (Wildman–Crippen MR) is 107 cm³/mol. The third-order valence-corrected chi connectivity index (χ3v) is 5.03. The number of aromatic nitrogens is 1. The Labute approximate surface area is 163 Å². The van der Waals surface area contributed by atoms with E-state index >= 15 is 0 Å². The summed E-state index contributed by atoms with van der Waals surface area (Å²) in [6, 6.07) is 17.5. The van der Waals surface area contributed by atoms with Crippen LogP contribution in [0.2, 0.25) is 0 Å². The number of nitrogens with zero attached hydrogens (tertiary/aromatic N) is 2. The highest BCUT2D eigenvalue weighted by atomic mass is 16.3. The third kappa shape index (κ3) is 3.10. The zero-order chi connectivity index (χ0) is 20.4. The topological polar surface area (TPSA) is 83.1 Å². The van der Waals surface area contributed by atoms with Crippen LogP contribution in [0.4, 0.5) is 0 Å². The molecule has 0 saturated carbocycles. The fourth-order valence-corrected chi connectivity index (χ4v) is 3.40. The highest BCUT2D eigenvalue weighted by molar-refractivity contribution is 6.12. The minimum atomic E-state index is -0.616. The van der Waals surface area contributed by atoms with E-state index in [2.05, 4.69) is 0 Å². The van der Waals surface area contributed by atoms with Crippen molar-refractivity contribution in [3.8, 4) is 11.9 Å². The number of hydrogen-bond donors (Lipinski definition) is 1. The lowest BCUT2D eigenvalue weighted by Gasteiger charge is -2.21. The summed E-state index contributed by atoms with van der Waals surface area (Å²) in [6.45, 7) is 5.06. The molecule has 1 unspecified atom stereocenters. The first-order valence-electron chi connectivity index (χ1n) is 8.91. The molecule has 3 rings (SSSR count). The highest BCUT2D eigenvalue weighted by Crippen LogP contribution is 2.30. The lowest BCUT2D eigenvalue weighted by Crippen LogP contribution is -2.29. The van der Waals surface area contributed by atoms with Crippen molar-refractivity contribution in [3.05, 3.63) is 98.3 Å². The summed E-state index contributed by atoms with van der Waals surface area (Å²) in [5.74, 6) is -0.843. The van der Waals surface area contributed by atoms with Gasteiger partial charge in [-0.25, -0.2) is 0 Å². The first-order chi connectivity index (χ1) is 13.4. The Hall–Kier alpha value is -3.65. The molecule has 1 aromatic heterocycles. The molecule has 0 bridgehead atoms. The number of hydrogen-bond acceptors (Lipinski definition) is 4. The molecule has 0 amide bonds. The van der Waals surface area contributed by atoms with Crippen LogP contribution in [0, 0.1) is 25.2 Å². The molecule has 0 aliphatic heterocycles. The molecule has 0 aliphatic rings. The van der Waals surface area contributed by atoms with Crippen LogP contribution in [-0.2, 0) is 0 Å². The molecule has 0 spiro atoms. The molecule has 1 heterocycles. The van der Waals surface area contributed by atoms with Crippen molar-refractivity contribution in [2.45, 2.75) is 26.8 Å².